The van der Waals surface area contributed by atoms with E-state index < -0.39 is 22.0 Å². The number of aryl methyl sites for hydroxylation is 1. The van der Waals surface area contributed by atoms with Crippen molar-refractivity contribution >= 4 is 26.9 Å². The molecule has 0 aliphatic rings. The van der Waals surface area contributed by atoms with Crippen LogP contribution in [0.4, 0.5) is 0 Å². The van der Waals surface area contributed by atoms with Crippen LogP contribution in [-0.4, -0.2) is 44.2 Å². The van der Waals surface area contributed by atoms with Gasteiger partial charge in [0.15, 0.2) is 0 Å². The van der Waals surface area contributed by atoms with Crippen LogP contribution in [0.25, 0.3) is 10.9 Å². The van der Waals surface area contributed by atoms with Gasteiger partial charge in [0.1, 0.15) is 24.1 Å². The monoisotopic (exact) mass is 456 g/mol. The first-order valence-electron chi connectivity index (χ1n) is 9.78. The number of nitrogens with one attached hydrogen (secondary N) is 2. The molecule has 0 fully saturated rings. The molecule has 0 saturated heterocycles. The molecule has 1 heterocycles. The van der Waals surface area contributed by atoms with E-state index >= 15 is 0 Å². The third-order valence-electron chi connectivity index (χ3n) is 4.95. The Bertz CT molecular complexity index is 1280. The average Bonchev–Trinajstić information content (AvgIpc) is 3.07. The quantitative estimate of drug-likeness (QED) is 0.426. The number of sulfonamides is 1. The van der Waals surface area contributed by atoms with Gasteiger partial charge < -0.3 is 19.6 Å². The molecule has 0 aliphatic carbocycles. The second-order valence-electron chi connectivity index (χ2n) is 7.04. The van der Waals surface area contributed by atoms with Gasteiger partial charge in [0.2, 0.25) is 10.0 Å². The highest BCUT2D eigenvalue weighted by atomic mass is 32.2. The zero-order valence-electron chi connectivity index (χ0n) is 17.9. The molecule has 8 nitrogen and oxygen atoms in total. The Morgan fingerprint density at radius 2 is 1.88 bits per heavy atom. The van der Waals surface area contributed by atoms with Crippen LogP contribution in [0.15, 0.2) is 47.4 Å². The summed E-state index contributed by atoms with van der Waals surface area (Å²) in [6.45, 7) is 3.70. The number of ether oxygens (including phenoxy) is 2. The van der Waals surface area contributed by atoms with E-state index in [2.05, 4.69) is 21.5 Å². The van der Waals surface area contributed by atoms with E-state index in [1.807, 2.05) is 13.0 Å². The molecule has 1 unspecified atom stereocenters. The number of fused-ring (bicyclic) bond motifs is 1. The molecule has 32 heavy (non-hydrogen) atoms. The number of hydrogen-bond acceptors (Lipinski definition) is 5. The summed E-state index contributed by atoms with van der Waals surface area (Å²) in [6, 6.07) is 9.77. The standard InChI is InChI=1S/C23H24N2O6S/c1-4-5-12-31-16-6-9-18(10-7-16)32(28,29)25-22(23(26)27)14-19-15(2)24-21-11-8-17(30-3)13-20(19)21/h6-11,13,22,24-25H,12,14H2,1-3H3,(H,26,27). The maximum absolute atomic E-state index is 12.8. The fourth-order valence-electron chi connectivity index (χ4n) is 3.30. The maximum Gasteiger partial charge on any atom is 0.322 e. The minimum absolute atomic E-state index is 0.0373. The summed E-state index contributed by atoms with van der Waals surface area (Å²) in [6.07, 6.45) is -0.0373. The molecule has 3 rings (SSSR count). The summed E-state index contributed by atoms with van der Waals surface area (Å²) in [5.41, 5.74) is 2.28. The minimum Gasteiger partial charge on any atom is -0.497 e. The van der Waals surface area contributed by atoms with Crippen molar-refractivity contribution in [2.24, 2.45) is 0 Å². The highest BCUT2D eigenvalue weighted by Crippen LogP contribution is 2.28. The van der Waals surface area contributed by atoms with Gasteiger partial charge in [-0.25, -0.2) is 8.42 Å². The van der Waals surface area contributed by atoms with Gasteiger partial charge >= 0.3 is 5.97 Å². The Balaban J connectivity index is 1.83. The van der Waals surface area contributed by atoms with Gasteiger partial charge in [0.25, 0.3) is 0 Å². The van der Waals surface area contributed by atoms with Crippen LogP contribution in [0.1, 0.15) is 18.2 Å². The van der Waals surface area contributed by atoms with Crippen molar-refractivity contribution in [2.45, 2.75) is 31.2 Å². The second kappa shape index (κ2) is 9.77. The largest absolute Gasteiger partial charge is 0.497 e. The fraction of sp³-hybridized carbons (Fsp3) is 0.261. The van der Waals surface area contributed by atoms with E-state index in [1.54, 1.807) is 26.2 Å². The Labute approximate surface area is 186 Å². The van der Waals surface area contributed by atoms with Crippen LogP contribution in [0, 0.1) is 18.8 Å². The Kier molecular flexibility index (Phi) is 7.08. The van der Waals surface area contributed by atoms with E-state index in [-0.39, 0.29) is 17.9 Å². The van der Waals surface area contributed by atoms with Crippen LogP contribution in [-0.2, 0) is 21.2 Å². The number of hydrogen-bond donors (Lipinski definition) is 3. The lowest BCUT2D eigenvalue weighted by molar-refractivity contribution is -0.138. The smallest absolute Gasteiger partial charge is 0.322 e. The minimum atomic E-state index is -4.08. The van der Waals surface area contributed by atoms with Gasteiger partial charge in [-0.1, -0.05) is 5.92 Å². The predicted molar refractivity (Wildman–Crippen MR) is 120 cm³/mol. The van der Waals surface area contributed by atoms with Crippen molar-refractivity contribution in [2.75, 3.05) is 13.7 Å². The number of methoxy groups -OCH3 is 1. The van der Waals surface area contributed by atoms with E-state index in [9.17, 15) is 18.3 Å². The second-order valence-corrected chi connectivity index (χ2v) is 8.76. The molecular weight excluding hydrogens is 432 g/mol. The molecule has 0 bridgehead atoms. The summed E-state index contributed by atoms with van der Waals surface area (Å²) >= 11 is 0. The number of aromatic nitrogens is 1. The van der Waals surface area contributed by atoms with Gasteiger partial charge in [-0.15, -0.1) is 5.92 Å². The van der Waals surface area contributed by atoms with Crippen molar-refractivity contribution in [3.05, 3.63) is 53.7 Å². The molecule has 168 valence electrons. The molecular formula is C23H24N2O6S. The summed E-state index contributed by atoms with van der Waals surface area (Å²) in [5, 5.41) is 10.5. The van der Waals surface area contributed by atoms with Crippen molar-refractivity contribution in [1.82, 2.24) is 9.71 Å². The van der Waals surface area contributed by atoms with Gasteiger partial charge in [-0.2, -0.15) is 4.72 Å². The Morgan fingerprint density at radius 3 is 2.50 bits per heavy atom. The van der Waals surface area contributed by atoms with Gasteiger partial charge in [-0.05, 0) is 61.9 Å². The molecule has 0 amide bonds. The number of aliphatic carboxylic acids is 1. The van der Waals surface area contributed by atoms with Gasteiger partial charge in [0, 0.05) is 23.0 Å². The zero-order valence-corrected chi connectivity index (χ0v) is 18.7. The fourth-order valence-corrected chi connectivity index (χ4v) is 4.49. The summed E-state index contributed by atoms with van der Waals surface area (Å²) < 4.78 is 38.6. The van der Waals surface area contributed by atoms with Crippen molar-refractivity contribution in [3.8, 4) is 23.3 Å². The van der Waals surface area contributed by atoms with Crippen LogP contribution >= 0.6 is 0 Å². The van der Waals surface area contributed by atoms with E-state index in [0.717, 1.165) is 16.6 Å². The van der Waals surface area contributed by atoms with E-state index in [1.165, 1.54) is 24.3 Å². The third-order valence-corrected chi connectivity index (χ3v) is 6.44. The topological polar surface area (TPSA) is 118 Å². The van der Waals surface area contributed by atoms with Crippen molar-refractivity contribution in [1.29, 1.82) is 0 Å². The van der Waals surface area contributed by atoms with Crippen LogP contribution < -0.4 is 14.2 Å². The molecule has 0 aliphatic heterocycles. The van der Waals surface area contributed by atoms with E-state index in [4.69, 9.17) is 9.47 Å². The molecule has 3 N–H and O–H groups in total. The number of carboxylic acid groups (broad SMARTS) is 1. The van der Waals surface area contributed by atoms with Crippen LogP contribution in [0.2, 0.25) is 0 Å². The first kappa shape index (κ1) is 23.2. The SMILES string of the molecule is CC#CCOc1ccc(S(=O)(=O)NC(Cc2c(C)[nH]c3ccc(OC)cc23)C(=O)O)cc1. The number of carbonyl (C=O) groups is 1. The summed E-state index contributed by atoms with van der Waals surface area (Å²) in [5.74, 6) is 5.26. The molecule has 3 aromatic rings. The first-order chi connectivity index (χ1) is 15.2. The van der Waals surface area contributed by atoms with Crippen LogP contribution in [0.3, 0.4) is 0 Å². The van der Waals surface area contributed by atoms with E-state index in [0.29, 0.717) is 17.1 Å². The lowest BCUT2D eigenvalue weighted by atomic mass is 10.0. The number of carboxylic acids is 1. The van der Waals surface area contributed by atoms with Crippen LogP contribution in [0.5, 0.6) is 11.5 Å². The number of H-pyrrole nitrogens is 1. The first-order valence-corrected chi connectivity index (χ1v) is 11.3. The number of benzene rings is 2. The van der Waals surface area contributed by atoms with Gasteiger partial charge in [0.05, 0.1) is 12.0 Å². The molecule has 1 atom stereocenters. The summed E-state index contributed by atoms with van der Waals surface area (Å²) in [4.78, 5) is 15.0. The zero-order chi connectivity index (χ0) is 23.3. The Hall–Kier alpha value is -3.48. The lowest BCUT2D eigenvalue weighted by Crippen LogP contribution is -2.42. The molecule has 1 aromatic heterocycles. The summed E-state index contributed by atoms with van der Waals surface area (Å²) in [7, 11) is -2.53. The molecule has 9 heteroatoms. The predicted octanol–water partition coefficient (Wildman–Crippen LogP) is 2.86. The molecule has 2 aromatic carbocycles. The highest BCUT2D eigenvalue weighted by molar-refractivity contribution is 7.89. The molecule has 0 radical (unpaired) electrons. The number of aromatic amines is 1. The average molecular weight is 457 g/mol. The molecule has 0 saturated carbocycles. The number of rotatable bonds is 9. The van der Waals surface area contributed by atoms with Crippen molar-refractivity contribution < 1.29 is 27.8 Å². The van der Waals surface area contributed by atoms with Gasteiger partial charge in [-0.3, -0.25) is 4.79 Å². The lowest BCUT2D eigenvalue weighted by Gasteiger charge is -2.15. The van der Waals surface area contributed by atoms with Crippen molar-refractivity contribution in [3.63, 3.8) is 0 Å². The highest BCUT2D eigenvalue weighted by Gasteiger charge is 2.27. The Morgan fingerprint density at radius 1 is 1.19 bits per heavy atom. The molecule has 0 spiro atoms. The third kappa shape index (κ3) is 5.22. The maximum atomic E-state index is 12.8. The normalized spacial score (nSPS) is 12.1.